The molecule has 0 heterocycles. The van der Waals surface area contributed by atoms with Crippen molar-refractivity contribution < 1.29 is 0 Å². The smallest absolute Gasteiger partial charge is 0.0112 e. The minimum Gasteiger partial charge on any atom is -0.0987 e. The maximum absolute atomic E-state index is 4.13. The molecule has 150 valence electrons. The predicted molar refractivity (Wildman–Crippen MR) is 128 cm³/mol. The van der Waals surface area contributed by atoms with Crippen molar-refractivity contribution >= 4 is 22.6 Å². The number of hydrogen-bond acceptors (Lipinski definition) is 0. The average molecular weight is 479 g/mol. The highest BCUT2D eigenvalue weighted by molar-refractivity contribution is 14.1. The van der Waals surface area contributed by atoms with E-state index in [9.17, 15) is 0 Å². The van der Waals surface area contributed by atoms with Gasteiger partial charge in [0.15, 0.2) is 0 Å². The van der Waals surface area contributed by atoms with E-state index in [0.29, 0.717) is 5.92 Å². The zero-order valence-electron chi connectivity index (χ0n) is 17.8. The summed E-state index contributed by atoms with van der Waals surface area (Å²) in [5.74, 6) is 3.34. The molecule has 0 spiro atoms. The lowest BCUT2D eigenvalue weighted by atomic mass is 9.65. The van der Waals surface area contributed by atoms with Crippen molar-refractivity contribution in [3.05, 3.63) is 48.1 Å². The van der Waals surface area contributed by atoms with Crippen LogP contribution in [0.1, 0.15) is 78.6 Å². The summed E-state index contributed by atoms with van der Waals surface area (Å²) in [6.07, 6.45) is 19.4. The third kappa shape index (κ3) is 4.49. The van der Waals surface area contributed by atoms with Gasteiger partial charge in [-0.25, -0.2) is 0 Å². The van der Waals surface area contributed by atoms with E-state index in [1.54, 1.807) is 5.57 Å². The van der Waals surface area contributed by atoms with Gasteiger partial charge >= 0.3 is 0 Å². The fraction of sp³-hybridized carbons (Fsp3) is 0.692. The molecule has 0 bridgehead atoms. The molecule has 0 aromatic carbocycles. The summed E-state index contributed by atoms with van der Waals surface area (Å²) in [6, 6.07) is 0. The van der Waals surface area contributed by atoms with Crippen molar-refractivity contribution in [2.75, 3.05) is 0 Å². The summed E-state index contributed by atoms with van der Waals surface area (Å²) < 4.78 is 0.898. The van der Waals surface area contributed by atoms with Crippen LogP contribution in [-0.2, 0) is 0 Å². The van der Waals surface area contributed by atoms with E-state index in [0.717, 1.165) is 21.7 Å². The van der Waals surface area contributed by atoms with Crippen LogP contribution >= 0.6 is 22.6 Å². The van der Waals surface area contributed by atoms with Gasteiger partial charge in [-0.1, -0.05) is 100 Å². The van der Waals surface area contributed by atoms with E-state index in [1.807, 2.05) is 0 Å². The molecule has 3 aliphatic carbocycles. The van der Waals surface area contributed by atoms with Gasteiger partial charge < -0.3 is 0 Å². The zero-order valence-corrected chi connectivity index (χ0v) is 19.9. The molecule has 1 saturated carbocycles. The summed E-state index contributed by atoms with van der Waals surface area (Å²) in [5.41, 5.74) is 4.57. The van der Waals surface area contributed by atoms with Crippen LogP contribution in [0.2, 0.25) is 0 Å². The van der Waals surface area contributed by atoms with Gasteiger partial charge in [0.25, 0.3) is 0 Å². The molecule has 0 radical (unpaired) electrons. The average Bonchev–Trinajstić information content (AvgIpc) is 2.86. The van der Waals surface area contributed by atoms with Crippen molar-refractivity contribution in [1.29, 1.82) is 0 Å². The highest BCUT2D eigenvalue weighted by Gasteiger charge is 2.45. The maximum Gasteiger partial charge on any atom is 0.0112 e. The first-order chi connectivity index (χ1) is 12.9. The molecule has 0 amide bonds. The molecule has 0 aromatic heterocycles. The number of halogens is 1. The second kappa shape index (κ2) is 9.01. The molecule has 1 heteroatoms. The molecular weight excluding hydrogens is 439 g/mol. The van der Waals surface area contributed by atoms with E-state index in [-0.39, 0.29) is 5.41 Å². The largest absolute Gasteiger partial charge is 0.0987 e. The third-order valence-electron chi connectivity index (χ3n) is 7.83. The quantitative estimate of drug-likeness (QED) is 0.282. The first kappa shape index (κ1) is 21.4. The molecule has 3 aliphatic rings. The Balaban J connectivity index is 1.75. The van der Waals surface area contributed by atoms with Gasteiger partial charge in [0.05, 0.1) is 0 Å². The Morgan fingerprint density at radius 3 is 2.44 bits per heavy atom. The van der Waals surface area contributed by atoms with E-state index in [1.165, 1.54) is 68.9 Å². The van der Waals surface area contributed by atoms with Gasteiger partial charge in [0.1, 0.15) is 0 Å². The van der Waals surface area contributed by atoms with Gasteiger partial charge in [-0.15, -0.1) is 0 Å². The van der Waals surface area contributed by atoms with Gasteiger partial charge in [-0.2, -0.15) is 0 Å². The van der Waals surface area contributed by atoms with Crippen LogP contribution in [0.25, 0.3) is 0 Å². The first-order valence-electron chi connectivity index (χ1n) is 11.2. The summed E-state index contributed by atoms with van der Waals surface area (Å²) in [4.78, 5) is 0. The van der Waals surface area contributed by atoms with Crippen LogP contribution in [-0.4, -0.2) is 3.92 Å². The molecule has 0 aliphatic heterocycles. The Hall–Kier alpha value is -0.310. The van der Waals surface area contributed by atoms with E-state index in [2.05, 4.69) is 74.7 Å². The number of allylic oxidation sites excluding steroid dienone is 6. The number of rotatable bonds is 3. The monoisotopic (exact) mass is 478 g/mol. The molecule has 4 unspecified atom stereocenters. The Morgan fingerprint density at radius 2 is 1.74 bits per heavy atom. The number of fused-ring (bicyclic) bond motifs is 1. The van der Waals surface area contributed by atoms with Crippen LogP contribution in [0, 0.1) is 29.1 Å². The van der Waals surface area contributed by atoms with Gasteiger partial charge in [0.2, 0.25) is 0 Å². The van der Waals surface area contributed by atoms with Crippen LogP contribution < -0.4 is 0 Å². The Labute approximate surface area is 181 Å². The molecule has 27 heavy (non-hydrogen) atoms. The normalized spacial score (nSPS) is 37.3. The second-order valence-corrected chi connectivity index (χ2v) is 11.7. The van der Waals surface area contributed by atoms with Crippen LogP contribution in [0.15, 0.2) is 48.1 Å². The first-order valence-corrected chi connectivity index (χ1v) is 12.5. The highest BCUT2D eigenvalue weighted by Crippen LogP contribution is 2.56. The van der Waals surface area contributed by atoms with Crippen LogP contribution in [0.5, 0.6) is 0 Å². The lowest BCUT2D eigenvalue weighted by Crippen LogP contribution is -2.30. The molecule has 0 nitrogen and oxygen atoms in total. The van der Waals surface area contributed by atoms with Gasteiger partial charge in [-0.05, 0) is 77.9 Å². The molecule has 5 atom stereocenters. The summed E-state index contributed by atoms with van der Waals surface area (Å²) in [5, 5.41) is 0. The molecular formula is C26H39I. The molecule has 3 rings (SSSR count). The van der Waals surface area contributed by atoms with Crippen molar-refractivity contribution in [1.82, 2.24) is 0 Å². The fourth-order valence-corrected chi connectivity index (χ4v) is 7.47. The molecule has 1 fully saturated rings. The second-order valence-electron chi connectivity index (χ2n) is 9.96. The molecule has 0 N–H and O–H groups in total. The fourth-order valence-electron chi connectivity index (χ4n) is 6.16. The lowest BCUT2D eigenvalue weighted by Gasteiger charge is -2.39. The third-order valence-corrected chi connectivity index (χ3v) is 8.96. The minimum atomic E-state index is 0.202. The number of hydrogen-bond donors (Lipinski definition) is 0. The van der Waals surface area contributed by atoms with Crippen molar-refractivity contribution in [2.24, 2.45) is 29.1 Å². The SMILES string of the molecule is C=CC1=C(C=C)C(C)(C)C2CC([C@@H]3CCCCC(I)CC(C)CC3)CC=C12. The zero-order chi connectivity index (χ0) is 19.6. The van der Waals surface area contributed by atoms with Crippen LogP contribution in [0.4, 0.5) is 0 Å². The van der Waals surface area contributed by atoms with Crippen molar-refractivity contribution in [3.8, 4) is 0 Å². The summed E-state index contributed by atoms with van der Waals surface area (Å²) in [6.45, 7) is 15.6. The van der Waals surface area contributed by atoms with E-state index >= 15 is 0 Å². The summed E-state index contributed by atoms with van der Waals surface area (Å²) >= 11 is 2.70. The summed E-state index contributed by atoms with van der Waals surface area (Å²) in [7, 11) is 0. The van der Waals surface area contributed by atoms with Crippen molar-refractivity contribution in [3.63, 3.8) is 0 Å². The standard InChI is InChI=1S/C26H39I/c1-6-22-23-15-14-20(17-25(23)26(4,5)24(22)7-2)19-10-8-9-11-21(27)16-18(3)12-13-19/h6-7,15,18-21,25H,1-2,8-14,16-17H2,3-5H3/t18?,19-,20?,21?,25?/m1/s1. The maximum atomic E-state index is 4.13. The van der Waals surface area contributed by atoms with Gasteiger partial charge in [0, 0.05) is 3.92 Å². The Bertz CT molecular complexity index is 620. The molecule has 0 aromatic rings. The Morgan fingerprint density at radius 1 is 1.00 bits per heavy atom. The Kier molecular flexibility index (Phi) is 7.14. The van der Waals surface area contributed by atoms with Crippen LogP contribution in [0.3, 0.4) is 0 Å². The topological polar surface area (TPSA) is 0 Å². The predicted octanol–water partition coefficient (Wildman–Crippen LogP) is 8.45. The highest BCUT2D eigenvalue weighted by atomic mass is 127. The van der Waals surface area contributed by atoms with E-state index in [4.69, 9.17) is 0 Å². The molecule has 0 saturated heterocycles. The van der Waals surface area contributed by atoms with Gasteiger partial charge in [-0.3, -0.25) is 0 Å². The lowest BCUT2D eigenvalue weighted by molar-refractivity contribution is 0.182. The van der Waals surface area contributed by atoms with E-state index < -0.39 is 0 Å². The van der Waals surface area contributed by atoms with Crippen molar-refractivity contribution in [2.45, 2.75) is 82.5 Å². The number of alkyl halides is 1. The minimum absolute atomic E-state index is 0.202.